The molecule has 0 spiro atoms. The molecule has 1 aliphatic rings. The number of sulfone groups is 1. The van der Waals surface area contributed by atoms with E-state index in [1.165, 1.54) is 0 Å². The molecule has 2 heterocycles. The lowest BCUT2D eigenvalue weighted by molar-refractivity contribution is 0.0779. The maximum absolute atomic E-state index is 12.7. The van der Waals surface area contributed by atoms with Crippen molar-refractivity contribution in [2.24, 2.45) is 0 Å². The highest BCUT2D eigenvalue weighted by molar-refractivity contribution is 7.91. The van der Waals surface area contributed by atoms with Crippen molar-refractivity contribution in [3.05, 3.63) is 53.3 Å². The summed E-state index contributed by atoms with van der Waals surface area (Å²) in [4.78, 5) is 22.9. The van der Waals surface area contributed by atoms with Gasteiger partial charge in [0.1, 0.15) is 5.69 Å². The van der Waals surface area contributed by atoms with Crippen molar-refractivity contribution in [1.29, 1.82) is 0 Å². The Morgan fingerprint density at radius 2 is 2.00 bits per heavy atom. The van der Waals surface area contributed by atoms with Crippen molar-refractivity contribution in [3.63, 3.8) is 0 Å². The summed E-state index contributed by atoms with van der Waals surface area (Å²) in [6.45, 7) is 2.26. The van der Waals surface area contributed by atoms with Gasteiger partial charge in [0.2, 0.25) is 5.95 Å². The minimum Gasteiger partial charge on any atom is -0.350 e. The first-order chi connectivity index (χ1) is 12.3. The summed E-state index contributed by atoms with van der Waals surface area (Å²) in [6.07, 6.45) is 0.525. The molecule has 138 valence electrons. The van der Waals surface area contributed by atoms with Gasteiger partial charge in [-0.25, -0.2) is 18.4 Å². The van der Waals surface area contributed by atoms with Gasteiger partial charge in [0.15, 0.2) is 9.84 Å². The Balaban J connectivity index is 1.73. The molecule has 7 nitrogen and oxygen atoms in total. The topological polar surface area (TPSA) is 92.3 Å². The molecular formula is C18H22N4O3S. The predicted molar refractivity (Wildman–Crippen MR) is 99.7 cm³/mol. The molecule has 1 fully saturated rings. The molecule has 1 saturated heterocycles. The Morgan fingerprint density at radius 1 is 1.27 bits per heavy atom. The van der Waals surface area contributed by atoms with Crippen LogP contribution in [0.3, 0.4) is 0 Å². The zero-order valence-corrected chi connectivity index (χ0v) is 15.7. The van der Waals surface area contributed by atoms with E-state index in [9.17, 15) is 13.2 Å². The lowest BCUT2D eigenvalue weighted by atomic mass is 10.2. The zero-order chi connectivity index (χ0) is 18.7. The Labute approximate surface area is 153 Å². The van der Waals surface area contributed by atoms with Crippen LogP contribution in [0.15, 0.2) is 36.4 Å². The molecule has 3 rings (SSSR count). The SMILES string of the molecule is Cc1cc(C(=O)N(C)Cc2ccccc2)nc(NC2CCS(=O)(=O)C2)n1. The number of benzene rings is 1. The Bertz CT molecular complexity index is 900. The van der Waals surface area contributed by atoms with Gasteiger partial charge in [0.05, 0.1) is 11.5 Å². The summed E-state index contributed by atoms with van der Waals surface area (Å²) in [5.41, 5.74) is 1.97. The first kappa shape index (κ1) is 18.3. The molecule has 1 aromatic heterocycles. The van der Waals surface area contributed by atoms with Gasteiger partial charge < -0.3 is 10.2 Å². The van der Waals surface area contributed by atoms with Gasteiger partial charge in [-0.2, -0.15) is 0 Å². The summed E-state index contributed by atoms with van der Waals surface area (Å²) in [6, 6.07) is 11.1. The molecule has 1 atom stereocenters. The molecule has 26 heavy (non-hydrogen) atoms. The van der Waals surface area contributed by atoms with E-state index in [-0.39, 0.29) is 23.5 Å². The van der Waals surface area contributed by atoms with E-state index < -0.39 is 9.84 Å². The number of aromatic nitrogens is 2. The number of rotatable bonds is 5. The molecule has 1 N–H and O–H groups in total. The normalized spacial score (nSPS) is 18.5. The summed E-state index contributed by atoms with van der Waals surface area (Å²) >= 11 is 0. The van der Waals surface area contributed by atoms with E-state index in [4.69, 9.17) is 0 Å². The number of anilines is 1. The van der Waals surface area contributed by atoms with E-state index in [2.05, 4.69) is 15.3 Å². The first-order valence-electron chi connectivity index (χ1n) is 8.44. The molecule has 1 aliphatic heterocycles. The third-order valence-electron chi connectivity index (χ3n) is 4.25. The molecule has 0 radical (unpaired) electrons. The third kappa shape index (κ3) is 4.57. The number of amides is 1. The number of carbonyl (C=O) groups is 1. The zero-order valence-electron chi connectivity index (χ0n) is 14.8. The fraction of sp³-hybridized carbons (Fsp3) is 0.389. The van der Waals surface area contributed by atoms with Gasteiger partial charge in [-0.3, -0.25) is 4.79 Å². The number of nitrogens with one attached hydrogen (secondary N) is 1. The number of nitrogens with zero attached hydrogens (tertiary/aromatic N) is 3. The molecule has 1 unspecified atom stereocenters. The monoisotopic (exact) mass is 374 g/mol. The van der Waals surface area contributed by atoms with Crippen LogP contribution >= 0.6 is 0 Å². The van der Waals surface area contributed by atoms with Crippen LogP contribution in [0.25, 0.3) is 0 Å². The van der Waals surface area contributed by atoms with E-state index in [0.717, 1.165) is 5.56 Å². The van der Waals surface area contributed by atoms with Crippen molar-refractivity contribution < 1.29 is 13.2 Å². The molecule has 0 aliphatic carbocycles. The number of hydrogen-bond acceptors (Lipinski definition) is 6. The van der Waals surface area contributed by atoms with E-state index in [0.29, 0.717) is 30.3 Å². The van der Waals surface area contributed by atoms with Crippen molar-refractivity contribution >= 4 is 21.7 Å². The van der Waals surface area contributed by atoms with E-state index in [1.807, 2.05) is 30.3 Å². The maximum atomic E-state index is 12.7. The molecule has 8 heteroatoms. The minimum atomic E-state index is -2.99. The minimum absolute atomic E-state index is 0.0709. The summed E-state index contributed by atoms with van der Waals surface area (Å²) in [5.74, 6) is 0.328. The fourth-order valence-corrected chi connectivity index (χ4v) is 4.63. The van der Waals surface area contributed by atoms with Crippen LogP contribution in [0.1, 0.15) is 28.2 Å². The average Bonchev–Trinajstić information content (AvgIpc) is 2.93. The van der Waals surface area contributed by atoms with Gasteiger partial charge >= 0.3 is 0 Å². The second-order valence-corrected chi connectivity index (χ2v) is 8.84. The van der Waals surface area contributed by atoms with Gasteiger partial charge in [-0.05, 0) is 25.0 Å². The van der Waals surface area contributed by atoms with Crippen molar-refractivity contribution in [2.45, 2.75) is 25.9 Å². The number of hydrogen-bond donors (Lipinski definition) is 1. The fourth-order valence-electron chi connectivity index (χ4n) is 2.96. The summed E-state index contributed by atoms with van der Waals surface area (Å²) in [7, 11) is -1.27. The second kappa shape index (κ2) is 7.41. The quantitative estimate of drug-likeness (QED) is 0.856. The van der Waals surface area contributed by atoms with Crippen LogP contribution in [0, 0.1) is 6.92 Å². The smallest absolute Gasteiger partial charge is 0.272 e. The maximum Gasteiger partial charge on any atom is 0.272 e. The Kier molecular flexibility index (Phi) is 5.22. The lowest BCUT2D eigenvalue weighted by Crippen LogP contribution is -2.28. The van der Waals surface area contributed by atoms with Gasteiger partial charge in [0.25, 0.3) is 5.91 Å². The highest BCUT2D eigenvalue weighted by atomic mass is 32.2. The Morgan fingerprint density at radius 3 is 2.65 bits per heavy atom. The van der Waals surface area contributed by atoms with Gasteiger partial charge in [0, 0.05) is 25.3 Å². The highest BCUT2D eigenvalue weighted by Gasteiger charge is 2.28. The molecule has 0 saturated carbocycles. The largest absolute Gasteiger partial charge is 0.350 e. The van der Waals surface area contributed by atoms with E-state index in [1.54, 1.807) is 24.9 Å². The highest BCUT2D eigenvalue weighted by Crippen LogP contribution is 2.16. The number of carbonyl (C=O) groups excluding carboxylic acids is 1. The van der Waals surface area contributed by atoms with Crippen LogP contribution in [0.5, 0.6) is 0 Å². The van der Waals surface area contributed by atoms with Crippen LogP contribution in [0.4, 0.5) is 5.95 Å². The first-order valence-corrected chi connectivity index (χ1v) is 10.3. The Hall–Kier alpha value is -2.48. The third-order valence-corrected chi connectivity index (χ3v) is 6.02. The molecule has 0 bridgehead atoms. The van der Waals surface area contributed by atoms with Crippen LogP contribution < -0.4 is 5.32 Å². The van der Waals surface area contributed by atoms with Crippen LogP contribution in [-0.4, -0.2) is 53.8 Å². The summed E-state index contributed by atoms with van der Waals surface area (Å²) < 4.78 is 23.2. The molecular weight excluding hydrogens is 352 g/mol. The van der Waals surface area contributed by atoms with Gasteiger partial charge in [-0.1, -0.05) is 30.3 Å². The van der Waals surface area contributed by atoms with Crippen molar-refractivity contribution in [1.82, 2.24) is 14.9 Å². The second-order valence-electron chi connectivity index (χ2n) is 6.61. The van der Waals surface area contributed by atoms with Crippen LogP contribution in [0.2, 0.25) is 0 Å². The lowest BCUT2D eigenvalue weighted by Gasteiger charge is -2.18. The van der Waals surface area contributed by atoms with Crippen molar-refractivity contribution in [3.8, 4) is 0 Å². The predicted octanol–water partition coefficient (Wildman–Crippen LogP) is 1.66. The van der Waals surface area contributed by atoms with Crippen molar-refractivity contribution in [2.75, 3.05) is 23.9 Å². The van der Waals surface area contributed by atoms with Crippen LogP contribution in [-0.2, 0) is 16.4 Å². The molecule has 2 aromatic rings. The molecule has 1 aromatic carbocycles. The standard InChI is InChI=1S/C18H22N4O3S/c1-13-10-16(17(23)22(2)11-14-6-4-3-5-7-14)21-18(19-13)20-15-8-9-26(24,25)12-15/h3-7,10,15H,8-9,11-12H2,1-2H3,(H,19,20,21). The molecule has 1 amide bonds. The van der Waals surface area contributed by atoms with Gasteiger partial charge in [-0.15, -0.1) is 0 Å². The average molecular weight is 374 g/mol. The van der Waals surface area contributed by atoms with E-state index >= 15 is 0 Å². The number of aryl methyl sites for hydroxylation is 1. The summed E-state index contributed by atoms with van der Waals surface area (Å²) in [5, 5.41) is 3.05.